The number of hydrogen-bond acceptors (Lipinski definition) is 5. The smallest absolute Gasteiger partial charge is 0.272 e. The number of likely N-dealkylation sites (tertiary alicyclic amines) is 1. The second kappa shape index (κ2) is 9.16. The Morgan fingerprint density at radius 1 is 1.19 bits per heavy atom. The van der Waals surface area contributed by atoms with Crippen molar-refractivity contribution in [3.05, 3.63) is 47.9 Å². The van der Waals surface area contributed by atoms with Gasteiger partial charge in [0.1, 0.15) is 0 Å². The molecular formula is C24H29N5O2. The molecule has 2 aromatic heterocycles. The second-order valence-electron chi connectivity index (χ2n) is 8.61. The maximum absolute atomic E-state index is 12.9. The van der Waals surface area contributed by atoms with E-state index in [1.807, 2.05) is 18.5 Å². The molecule has 0 atom stereocenters. The summed E-state index contributed by atoms with van der Waals surface area (Å²) in [6.07, 6.45) is 8.32. The van der Waals surface area contributed by atoms with Crippen molar-refractivity contribution in [3.8, 4) is 11.1 Å². The molecule has 2 fully saturated rings. The van der Waals surface area contributed by atoms with Crippen LogP contribution in [0, 0.1) is 5.92 Å². The monoisotopic (exact) mass is 419 g/mol. The Hall–Kier alpha value is -2.77. The van der Waals surface area contributed by atoms with E-state index in [1.165, 1.54) is 18.4 Å². The Kier molecular flexibility index (Phi) is 5.95. The Morgan fingerprint density at radius 2 is 2.03 bits per heavy atom. The van der Waals surface area contributed by atoms with E-state index in [9.17, 15) is 4.79 Å². The van der Waals surface area contributed by atoms with Crippen LogP contribution in [0.4, 0.5) is 0 Å². The zero-order valence-electron chi connectivity index (χ0n) is 17.8. The number of hydrogen-bond donors (Lipinski definition) is 2. The molecule has 0 radical (unpaired) electrons. The maximum Gasteiger partial charge on any atom is 0.272 e. The van der Waals surface area contributed by atoms with E-state index < -0.39 is 0 Å². The Morgan fingerprint density at radius 3 is 2.87 bits per heavy atom. The number of pyridine rings is 1. The summed E-state index contributed by atoms with van der Waals surface area (Å²) in [7, 11) is 0. The summed E-state index contributed by atoms with van der Waals surface area (Å²) in [4.78, 5) is 19.7. The summed E-state index contributed by atoms with van der Waals surface area (Å²) in [5.74, 6) is 0.348. The summed E-state index contributed by atoms with van der Waals surface area (Å²) in [6.45, 7) is 5.46. The van der Waals surface area contributed by atoms with Gasteiger partial charge in [-0.2, -0.15) is 5.10 Å². The summed E-state index contributed by atoms with van der Waals surface area (Å²) < 4.78 is 5.40. The lowest BCUT2D eigenvalue weighted by Gasteiger charge is -2.21. The van der Waals surface area contributed by atoms with E-state index in [-0.39, 0.29) is 5.91 Å². The SMILES string of the molecule is O=C(NCC1CCOCC1)c1n[nH]c2ccc(-c3cnccc3CN3CCCC3)cc12. The first-order valence-electron chi connectivity index (χ1n) is 11.3. The number of carbonyl (C=O) groups is 1. The highest BCUT2D eigenvalue weighted by molar-refractivity contribution is 6.05. The fraction of sp³-hybridized carbons (Fsp3) is 0.458. The summed E-state index contributed by atoms with van der Waals surface area (Å²) >= 11 is 0. The van der Waals surface area contributed by atoms with Crippen LogP contribution in [0.3, 0.4) is 0 Å². The normalized spacial score (nSPS) is 17.9. The number of aromatic nitrogens is 3. The van der Waals surface area contributed by atoms with Crippen LogP contribution in [0.25, 0.3) is 22.0 Å². The molecule has 31 heavy (non-hydrogen) atoms. The van der Waals surface area contributed by atoms with E-state index in [4.69, 9.17) is 4.74 Å². The summed E-state index contributed by atoms with van der Waals surface area (Å²) in [6, 6.07) is 8.25. The van der Waals surface area contributed by atoms with Crippen molar-refractivity contribution in [3.63, 3.8) is 0 Å². The number of benzene rings is 1. The number of fused-ring (bicyclic) bond motifs is 1. The highest BCUT2D eigenvalue weighted by Gasteiger charge is 2.19. The summed E-state index contributed by atoms with van der Waals surface area (Å²) in [5.41, 5.74) is 4.77. The molecule has 5 rings (SSSR count). The first-order valence-corrected chi connectivity index (χ1v) is 11.3. The van der Waals surface area contributed by atoms with Gasteiger partial charge in [0.2, 0.25) is 0 Å². The van der Waals surface area contributed by atoms with Gasteiger partial charge in [-0.25, -0.2) is 0 Å². The number of aromatic amines is 1. The highest BCUT2D eigenvalue weighted by Crippen LogP contribution is 2.29. The van der Waals surface area contributed by atoms with E-state index >= 15 is 0 Å². The highest BCUT2D eigenvalue weighted by atomic mass is 16.5. The van der Waals surface area contributed by atoms with E-state index in [1.54, 1.807) is 0 Å². The summed E-state index contributed by atoms with van der Waals surface area (Å²) in [5, 5.41) is 11.2. The molecule has 3 aromatic rings. The van der Waals surface area contributed by atoms with Crippen LogP contribution in [-0.4, -0.2) is 58.8 Å². The Bertz CT molecular complexity index is 1050. The predicted octanol–water partition coefficient (Wildman–Crippen LogP) is 3.38. The quantitative estimate of drug-likeness (QED) is 0.640. The second-order valence-corrected chi connectivity index (χ2v) is 8.61. The zero-order chi connectivity index (χ0) is 21.0. The molecule has 0 aliphatic carbocycles. The molecule has 2 N–H and O–H groups in total. The van der Waals surface area contributed by atoms with Crippen molar-refractivity contribution in [1.82, 2.24) is 25.4 Å². The van der Waals surface area contributed by atoms with Gasteiger partial charge in [-0.1, -0.05) is 6.07 Å². The molecule has 7 nitrogen and oxygen atoms in total. The third kappa shape index (κ3) is 4.48. The van der Waals surface area contributed by atoms with Crippen LogP contribution in [0.1, 0.15) is 41.7 Å². The lowest BCUT2D eigenvalue weighted by atomic mass is 9.99. The first kappa shape index (κ1) is 20.2. The van der Waals surface area contributed by atoms with Gasteiger partial charge in [-0.3, -0.25) is 19.8 Å². The Labute approximate surface area is 182 Å². The van der Waals surface area contributed by atoms with Crippen LogP contribution in [0.15, 0.2) is 36.7 Å². The fourth-order valence-corrected chi connectivity index (χ4v) is 4.63. The average molecular weight is 420 g/mol. The van der Waals surface area contributed by atoms with Crippen molar-refractivity contribution >= 4 is 16.8 Å². The third-order valence-electron chi connectivity index (χ3n) is 6.49. The third-order valence-corrected chi connectivity index (χ3v) is 6.49. The van der Waals surface area contributed by atoms with Gasteiger partial charge in [-0.05, 0) is 74.0 Å². The average Bonchev–Trinajstić information content (AvgIpc) is 3.48. The van der Waals surface area contributed by atoms with Crippen LogP contribution in [-0.2, 0) is 11.3 Å². The van der Waals surface area contributed by atoms with Crippen molar-refractivity contribution in [2.24, 2.45) is 5.92 Å². The topological polar surface area (TPSA) is 83.1 Å². The van der Waals surface area contributed by atoms with Gasteiger partial charge < -0.3 is 10.1 Å². The van der Waals surface area contributed by atoms with E-state index in [0.29, 0.717) is 18.2 Å². The van der Waals surface area contributed by atoms with Crippen LogP contribution < -0.4 is 5.32 Å². The Balaban J connectivity index is 1.38. The number of nitrogens with one attached hydrogen (secondary N) is 2. The number of amides is 1. The lowest BCUT2D eigenvalue weighted by Crippen LogP contribution is -2.32. The van der Waals surface area contributed by atoms with Gasteiger partial charge in [0, 0.05) is 49.6 Å². The number of H-pyrrole nitrogens is 1. The molecule has 4 heterocycles. The number of ether oxygens (including phenoxy) is 1. The van der Waals surface area contributed by atoms with Crippen molar-refractivity contribution in [1.29, 1.82) is 0 Å². The van der Waals surface area contributed by atoms with Crippen molar-refractivity contribution < 1.29 is 9.53 Å². The first-order chi connectivity index (χ1) is 15.3. The molecule has 0 bridgehead atoms. The molecule has 0 spiro atoms. The van der Waals surface area contributed by atoms with Gasteiger partial charge >= 0.3 is 0 Å². The number of carbonyl (C=O) groups excluding carboxylic acids is 1. The van der Waals surface area contributed by atoms with Crippen LogP contribution in [0.2, 0.25) is 0 Å². The van der Waals surface area contributed by atoms with Gasteiger partial charge in [0.15, 0.2) is 5.69 Å². The number of rotatable bonds is 6. The zero-order valence-corrected chi connectivity index (χ0v) is 17.8. The predicted molar refractivity (Wildman–Crippen MR) is 120 cm³/mol. The van der Waals surface area contributed by atoms with Gasteiger partial charge in [0.25, 0.3) is 5.91 Å². The molecule has 2 saturated heterocycles. The molecule has 7 heteroatoms. The lowest BCUT2D eigenvalue weighted by molar-refractivity contribution is 0.0642. The minimum absolute atomic E-state index is 0.127. The minimum atomic E-state index is -0.127. The molecule has 162 valence electrons. The fourth-order valence-electron chi connectivity index (χ4n) is 4.63. The largest absolute Gasteiger partial charge is 0.381 e. The maximum atomic E-state index is 12.9. The minimum Gasteiger partial charge on any atom is -0.381 e. The van der Waals surface area contributed by atoms with Crippen molar-refractivity contribution in [2.45, 2.75) is 32.2 Å². The number of nitrogens with zero attached hydrogens (tertiary/aromatic N) is 3. The molecule has 2 aliphatic heterocycles. The molecule has 1 amide bonds. The standard InChI is InChI=1S/C24H29N5O2/c30-24(26-14-17-6-11-31-12-7-17)23-20-13-18(3-4-22(20)27-28-23)21-15-25-8-5-19(21)16-29-9-1-2-10-29/h3-5,8,13,15,17H,1-2,6-7,9-12,14,16H2,(H,26,30)(H,27,28). The molecule has 1 aromatic carbocycles. The van der Waals surface area contributed by atoms with E-state index in [2.05, 4.69) is 43.6 Å². The van der Waals surface area contributed by atoms with Crippen molar-refractivity contribution in [2.75, 3.05) is 32.8 Å². The van der Waals surface area contributed by atoms with Crippen LogP contribution >= 0.6 is 0 Å². The van der Waals surface area contributed by atoms with E-state index in [0.717, 1.165) is 67.7 Å². The van der Waals surface area contributed by atoms with Crippen LogP contribution in [0.5, 0.6) is 0 Å². The molecule has 0 unspecified atom stereocenters. The molecule has 0 saturated carbocycles. The van der Waals surface area contributed by atoms with Gasteiger partial charge in [0.05, 0.1) is 5.52 Å². The molecule has 2 aliphatic rings. The molecular weight excluding hydrogens is 390 g/mol. The van der Waals surface area contributed by atoms with Gasteiger partial charge in [-0.15, -0.1) is 0 Å².